The van der Waals surface area contributed by atoms with E-state index >= 15 is 0 Å². The molecule has 0 atom stereocenters. The lowest BCUT2D eigenvalue weighted by Gasteiger charge is -2.34. The van der Waals surface area contributed by atoms with Crippen LogP contribution >= 0.6 is 0 Å². The Hall–Kier alpha value is -2.54. The number of hydrogen-bond donors (Lipinski definition) is 0. The number of fused-ring (bicyclic) bond motifs is 5. The Labute approximate surface area is 129 Å². The molecule has 4 aromatic rings. The molecule has 105 valence electrons. The average Bonchev–Trinajstić information content (AvgIpc) is 2.88. The van der Waals surface area contributed by atoms with Gasteiger partial charge in [0.25, 0.3) is 0 Å². The van der Waals surface area contributed by atoms with Crippen LogP contribution in [0.2, 0.25) is 0 Å². The lowest BCUT2D eigenvalue weighted by molar-refractivity contribution is 0.630. The van der Waals surface area contributed by atoms with E-state index in [1.54, 1.807) is 0 Å². The molecule has 0 amide bonds. The highest BCUT2D eigenvalue weighted by molar-refractivity contribution is 6.11. The number of benzene rings is 3. The summed E-state index contributed by atoms with van der Waals surface area (Å²) in [5.41, 5.74) is 6.73. The summed E-state index contributed by atoms with van der Waals surface area (Å²) in [6.07, 6.45) is 0. The first-order valence-corrected chi connectivity index (χ1v) is 7.73. The molecule has 1 heteroatoms. The molecule has 0 spiro atoms. The molecule has 0 N–H and O–H groups in total. The fourth-order valence-electron chi connectivity index (χ4n) is 4.05. The van der Waals surface area contributed by atoms with Gasteiger partial charge in [0.2, 0.25) is 0 Å². The van der Waals surface area contributed by atoms with E-state index in [4.69, 9.17) is 0 Å². The van der Waals surface area contributed by atoms with E-state index in [9.17, 15) is 0 Å². The van der Waals surface area contributed by atoms with E-state index in [0.717, 1.165) is 0 Å². The molecule has 1 nitrogen and oxygen atoms in total. The summed E-state index contributed by atoms with van der Waals surface area (Å²) in [4.78, 5) is 0. The number of rotatable bonds is 0. The molecule has 1 aliphatic rings. The Kier molecular flexibility index (Phi) is 2.08. The third-order valence-electron chi connectivity index (χ3n) is 5.12. The highest BCUT2D eigenvalue weighted by Crippen LogP contribution is 2.46. The fraction of sp³-hybridized carbons (Fsp3) is 0.143. The van der Waals surface area contributed by atoms with Crippen molar-refractivity contribution in [1.82, 2.24) is 4.57 Å². The third kappa shape index (κ3) is 1.25. The van der Waals surface area contributed by atoms with E-state index in [-0.39, 0.29) is 5.41 Å². The van der Waals surface area contributed by atoms with E-state index < -0.39 is 0 Å². The number of para-hydroxylation sites is 2. The Morgan fingerprint density at radius 1 is 0.864 bits per heavy atom. The van der Waals surface area contributed by atoms with Crippen LogP contribution in [-0.2, 0) is 5.41 Å². The maximum atomic E-state index is 3.24. The Bertz CT molecular complexity index is 1050. The Balaban J connectivity index is 2.15. The molecule has 0 bridgehead atoms. The van der Waals surface area contributed by atoms with Crippen molar-refractivity contribution >= 4 is 21.8 Å². The van der Waals surface area contributed by atoms with Gasteiger partial charge in [0.15, 0.2) is 0 Å². The van der Waals surface area contributed by atoms with Crippen molar-refractivity contribution in [2.45, 2.75) is 19.3 Å². The molecule has 3 aromatic carbocycles. The van der Waals surface area contributed by atoms with Gasteiger partial charge in [0, 0.05) is 16.2 Å². The van der Waals surface area contributed by atoms with E-state index in [1.807, 2.05) is 6.07 Å². The van der Waals surface area contributed by atoms with Gasteiger partial charge in [-0.1, -0.05) is 56.3 Å². The van der Waals surface area contributed by atoms with Gasteiger partial charge in [0.1, 0.15) is 0 Å². The summed E-state index contributed by atoms with van der Waals surface area (Å²) in [5.74, 6) is 0. The van der Waals surface area contributed by atoms with Crippen LogP contribution in [0.4, 0.5) is 0 Å². The van der Waals surface area contributed by atoms with Crippen LogP contribution in [0.3, 0.4) is 0 Å². The Morgan fingerprint density at radius 3 is 2.59 bits per heavy atom. The minimum atomic E-state index is 0.0180. The van der Waals surface area contributed by atoms with Crippen molar-refractivity contribution in [3.63, 3.8) is 0 Å². The van der Waals surface area contributed by atoms with Gasteiger partial charge < -0.3 is 4.57 Å². The highest BCUT2D eigenvalue weighted by Gasteiger charge is 2.34. The fourth-order valence-corrected chi connectivity index (χ4v) is 4.05. The molecule has 1 aliphatic heterocycles. The first kappa shape index (κ1) is 12.0. The molecule has 0 saturated heterocycles. The van der Waals surface area contributed by atoms with Crippen molar-refractivity contribution in [2.24, 2.45) is 0 Å². The van der Waals surface area contributed by atoms with Gasteiger partial charge >= 0.3 is 0 Å². The molecule has 0 fully saturated rings. The van der Waals surface area contributed by atoms with Gasteiger partial charge in [-0.3, -0.25) is 0 Å². The van der Waals surface area contributed by atoms with Gasteiger partial charge in [0.05, 0.1) is 16.7 Å². The van der Waals surface area contributed by atoms with Crippen LogP contribution in [0.15, 0.2) is 60.7 Å². The zero-order chi connectivity index (χ0) is 14.9. The molecule has 2 heterocycles. The van der Waals surface area contributed by atoms with Crippen molar-refractivity contribution in [3.05, 3.63) is 77.9 Å². The maximum absolute atomic E-state index is 3.24. The zero-order valence-corrected chi connectivity index (χ0v) is 12.7. The second kappa shape index (κ2) is 3.80. The normalized spacial score (nSPS) is 15.2. The second-order valence-corrected chi connectivity index (χ2v) is 6.62. The summed E-state index contributed by atoms with van der Waals surface area (Å²) in [5, 5.41) is 2.61. The lowest BCUT2D eigenvalue weighted by atomic mass is 9.75. The van der Waals surface area contributed by atoms with Crippen molar-refractivity contribution in [2.75, 3.05) is 0 Å². The maximum Gasteiger partial charge on any atom is 0.0582 e. The summed E-state index contributed by atoms with van der Waals surface area (Å²) in [6, 6.07) is 25.0. The smallest absolute Gasteiger partial charge is 0.0582 e. The number of hydrogen-bond acceptors (Lipinski definition) is 0. The monoisotopic (exact) mass is 282 g/mol. The lowest BCUT2D eigenvalue weighted by Crippen LogP contribution is -2.26. The Morgan fingerprint density at radius 2 is 1.68 bits per heavy atom. The van der Waals surface area contributed by atoms with Crippen molar-refractivity contribution < 1.29 is 0 Å². The van der Waals surface area contributed by atoms with E-state index in [1.165, 1.54) is 38.6 Å². The summed E-state index contributed by atoms with van der Waals surface area (Å²) >= 11 is 0. The largest absolute Gasteiger partial charge is 0.309 e. The minimum absolute atomic E-state index is 0.0180. The van der Waals surface area contributed by atoms with E-state index in [0.29, 0.717) is 0 Å². The predicted octanol–water partition coefficient (Wildman–Crippen LogP) is 5.22. The van der Waals surface area contributed by atoms with Crippen molar-refractivity contribution in [3.8, 4) is 5.69 Å². The topological polar surface area (TPSA) is 4.93 Å². The van der Waals surface area contributed by atoms with Crippen LogP contribution < -0.4 is 0 Å². The van der Waals surface area contributed by atoms with Gasteiger partial charge in [-0.15, -0.1) is 0 Å². The van der Waals surface area contributed by atoms with Crippen LogP contribution in [0.1, 0.15) is 25.0 Å². The average molecular weight is 282 g/mol. The molecular weight excluding hydrogens is 266 g/mol. The zero-order valence-electron chi connectivity index (χ0n) is 12.7. The van der Waals surface area contributed by atoms with Gasteiger partial charge in [-0.25, -0.2) is 0 Å². The summed E-state index contributed by atoms with van der Waals surface area (Å²) < 4.78 is 2.43. The molecule has 1 aromatic heterocycles. The van der Waals surface area contributed by atoms with Crippen LogP contribution in [0, 0.1) is 6.07 Å². The van der Waals surface area contributed by atoms with E-state index in [2.05, 4.69) is 79.1 Å². The molecule has 0 aliphatic carbocycles. The SMILES string of the molecule is CC1(C)c2ccccc2-n2c3cc[c]cc3c3cccc1c32. The number of aromatic nitrogens is 1. The summed E-state index contributed by atoms with van der Waals surface area (Å²) in [7, 11) is 0. The van der Waals surface area contributed by atoms with Gasteiger partial charge in [-0.05, 0) is 35.4 Å². The van der Waals surface area contributed by atoms with Crippen LogP contribution in [0.25, 0.3) is 27.5 Å². The standard InChI is InChI=1S/C21H16N/c1-21(2)16-10-4-6-13-19(16)22-18-12-5-3-8-14(18)15-9-7-11-17(21)20(15)22/h4-13H,1-2H3. The first-order chi connectivity index (χ1) is 10.7. The minimum Gasteiger partial charge on any atom is -0.309 e. The highest BCUT2D eigenvalue weighted by atomic mass is 15.0. The molecule has 0 saturated carbocycles. The molecule has 1 radical (unpaired) electrons. The number of nitrogens with zero attached hydrogens (tertiary/aromatic N) is 1. The van der Waals surface area contributed by atoms with Crippen LogP contribution in [-0.4, -0.2) is 4.57 Å². The summed E-state index contributed by atoms with van der Waals surface area (Å²) in [6.45, 7) is 4.65. The molecule has 22 heavy (non-hydrogen) atoms. The predicted molar refractivity (Wildman–Crippen MR) is 91.7 cm³/mol. The van der Waals surface area contributed by atoms with Crippen molar-refractivity contribution in [1.29, 1.82) is 0 Å². The quantitative estimate of drug-likeness (QED) is 0.416. The molecular formula is C21H16N. The third-order valence-corrected chi connectivity index (χ3v) is 5.12. The first-order valence-electron chi connectivity index (χ1n) is 7.73. The van der Waals surface area contributed by atoms with Crippen LogP contribution in [0.5, 0.6) is 0 Å². The van der Waals surface area contributed by atoms with Gasteiger partial charge in [-0.2, -0.15) is 0 Å². The molecule has 0 unspecified atom stereocenters. The molecule has 5 rings (SSSR count). The second-order valence-electron chi connectivity index (χ2n) is 6.62.